The summed E-state index contributed by atoms with van der Waals surface area (Å²) < 4.78 is 27.8. The molecule has 2 rings (SSSR count). The van der Waals surface area contributed by atoms with Crippen LogP contribution in [0.2, 0.25) is 0 Å². The monoisotopic (exact) mass is 394 g/mol. The molecule has 1 aromatic rings. The van der Waals surface area contributed by atoms with Crippen molar-refractivity contribution < 1.29 is 23.7 Å². The van der Waals surface area contributed by atoms with Crippen molar-refractivity contribution in [2.75, 3.05) is 59.5 Å². The van der Waals surface area contributed by atoms with Crippen LogP contribution < -0.4 is 0 Å². The fourth-order valence-corrected chi connectivity index (χ4v) is 3.29. The van der Waals surface area contributed by atoms with Crippen molar-refractivity contribution in [3.05, 3.63) is 35.9 Å². The molecule has 0 atom stereocenters. The minimum atomic E-state index is 0.581. The van der Waals surface area contributed by atoms with Gasteiger partial charge in [0.05, 0.1) is 59.5 Å². The molecule has 1 fully saturated rings. The van der Waals surface area contributed by atoms with E-state index in [0.29, 0.717) is 59.5 Å². The van der Waals surface area contributed by atoms with Gasteiger partial charge in [-0.25, -0.2) is 0 Å². The van der Waals surface area contributed by atoms with Crippen molar-refractivity contribution in [3.63, 3.8) is 0 Å². The zero-order valence-corrected chi connectivity index (χ0v) is 17.5. The van der Waals surface area contributed by atoms with Gasteiger partial charge in [-0.2, -0.15) is 0 Å². The number of hydrogen-bond donors (Lipinski definition) is 0. The molecule has 5 nitrogen and oxygen atoms in total. The molecule has 0 N–H and O–H groups in total. The predicted octanol–water partition coefficient (Wildman–Crippen LogP) is 4.10. The Labute approximate surface area is 170 Å². The Balaban J connectivity index is 1.24. The third-order valence-electron chi connectivity index (χ3n) is 5.09. The van der Waals surface area contributed by atoms with Gasteiger partial charge in [0.25, 0.3) is 0 Å². The average molecular weight is 395 g/mol. The smallest absolute Gasteiger partial charge is 0.0718 e. The Kier molecular flexibility index (Phi) is 13.2. The normalized spacial score (nSPS) is 19.8. The van der Waals surface area contributed by atoms with Crippen molar-refractivity contribution in [3.8, 4) is 0 Å². The van der Waals surface area contributed by atoms with Crippen LogP contribution in [0.1, 0.15) is 38.2 Å². The van der Waals surface area contributed by atoms with E-state index in [-0.39, 0.29) is 0 Å². The van der Waals surface area contributed by atoms with Crippen molar-refractivity contribution in [2.45, 2.75) is 39.2 Å². The number of benzene rings is 1. The molecule has 1 aliphatic carbocycles. The zero-order valence-electron chi connectivity index (χ0n) is 17.5. The van der Waals surface area contributed by atoms with Gasteiger partial charge >= 0.3 is 0 Å². The topological polar surface area (TPSA) is 46.2 Å². The van der Waals surface area contributed by atoms with Gasteiger partial charge in [0.2, 0.25) is 0 Å². The Morgan fingerprint density at radius 3 is 1.71 bits per heavy atom. The molecule has 1 aliphatic rings. The summed E-state index contributed by atoms with van der Waals surface area (Å²) >= 11 is 0. The van der Waals surface area contributed by atoms with E-state index in [2.05, 4.69) is 19.1 Å². The summed E-state index contributed by atoms with van der Waals surface area (Å²) in [4.78, 5) is 0. The Hall–Kier alpha value is -0.980. The van der Waals surface area contributed by atoms with Crippen LogP contribution in [0.25, 0.3) is 0 Å². The zero-order chi connectivity index (χ0) is 19.7. The largest absolute Gasteiger partial charge is 0.379 e. The third kappa shape index (κ3) is 11.8. The molecule has 0 amide bonds. The summed E-state index contributed by atoms with van der Waals surface area (Å²) in [6, 6.07) is 10.1. The molecule has 0 radical (unpaired) electrons. The minimum Gasteiger partial charge on any atom is -0.379 e. The number of ether oxygens (including phenoxy) is 5. The quantitative estimate of drug-likeness (QED) is 0.395. The second kappa shape index (κ2) is 15.9. The van der Waals surface area contributed by atoms with E-state index >= 15 is 0 Å². The van der Waals surface area contributed by atoms with E-state index in [1.807, 2.05) is 18.2 Å². The van der Waals surface area contributed by atoms with E-state index in [1.54, 1.807) is 0 Å². The van der Waals surface area contributed by atoms with Crippen LogP contribution in [0.5, 0.6) is 0 Å². The highest BCUT2D eigenvalue weighted by molar-refractivity contribution is 5.13. The molecule has 160 valence electrons. The van der Waals surface area contributed by atoms with Crippen LogP contribution in [0.15, 0.2) is 30.3 Å². The fourth-order valence-electron chi connectivity index (χ4n) is 3.29. The minimum absolute atomic E-state index is 0.581. The molecule has 0 aromatic heterocycles. The molecule has 1 saturated carbocycles. The molecular weight excluding hydrogens is 356 g/mol. The average Bonchev–Trinajstić information content (AvgIpc) is 2.73. The van der Waals surface area contributed by atoms with Crippen LogP contribution >= 0.6 is 0 Å². The SMILES string of the molecule is C[C@H]1CC[C@H](COCCOCCOCCOCCOCc2ccccc2)CC1. The van der Waals surface area contributed by atoms with E-state index in [9.17, 15) is 0 Å². The number of rotatable bonds is 16. The van der Waals surface area contributed by atoms with Gasteiger partial charge in [0.1, 0.15) is 0 Å². The second-order valence-corrected chi connectivity index (χ2v) is 7.58. The van der Waals surface area contributed by atoms with Crippen LogP contribution in [-0.2, 0) is 30.3 Å². The third-order valence-corrected chi connectivity index (χ3v) is 5.09. The van der Waals surface area contributed by atoms with Gasteiger partial charge in [-0.3, -0.25) is 0 Å². The van der Waals surface area contributed by atoms with E-state index in [0.717, 1.165) is 18.4 Å². The highest BCUT2D eigenvalue weighted by Crippen LogP contribution is 2.28. The Bertz CT molecular complexity index is 459. The lowest BCUT2D eigenvalue weighted by atomic mass is 9.83. The van der Waals surface area contributed by atoms with Gasteiger partial charge in [-0.05, 0) is 30.2 Å². The molecule has 0 spiro atoms. The first kappa shape index (κ1) is 23.3. The van der Waals surface area contributed by atoms with Gasteiger partial charge in [0.15, 0.2) is 0 Å². The van der Waals surface area contributed by atoms with Gasteiger partial charge < -0.3 is 23.7 Å². The Morgan fingerprint density at radius 1 is 0.643 bits per heavy atom. The Morgan fingerprint density at radius 2 is 1.14 bits per heavy atom. The maximum absolute atomic E-state index is 5.73. The second-order valence-electron chi connectivity index (χ2n) is 7.58. The summed E-state index contributed by atoms with van der Waals surface area (Å²) in [5.41, 5.74) is 1.18. The molecule has 1 aromatic carbocycles. The van der Waals surface area contributed by atoms with Gasteiger partial charge in [-0.1, -0.05) is 50.1 Å². The standard InChI is InChI=1S/C23H38O5/c1-21-7-9-23(10-8-21)20-28-18-16-26-14-12-24-11-13-25-15-17-27-19-22-5-3-2-4-6-22/h2-6,21,23H,7-20H2,1H3/t21-,23-. The molecule has 0 unspecified atom stereocenters. The first-order valence-electron chi connectivity index (χ1n) is 10.8. The van der Waals surface area contributed by atoms with Crippen LogP contribution in [0.3, 0.4) is 0 Å². The highest BCUT2D eigenvalue weighted by atomic mass is 16.6. The van der Waals surface area contributed by atoms with Crippen molar-refractivity contribution >= 4 is 0 Å². The lowest BCUT2D eigenvalue weighted by Crippen LogP contribution is -2.19. The predicted molar refractivity (Wildman–Crippen MR) is 110 cm³/mol. The molecule has 0 bridgehead atoms. The molecule has 0 aliphatic heterocycles. The van der Waals surface area contributed by atoms with Crippen LogP contribution in [-0.4, -0.2) is 59.5 Å². The maximum atomic E-state index is 5.73. The highest BCUT2D eigenvalue weighted by Gasteiger charge is 2.17. The molecule has 5 heteroatoms. The summed E-state index contributed by atoms with van der Waals surface area (Å²) in [6.07, 6.45) is 5.34. The number of hydrogen-bond acceptors (Lipinski definition) is 5. The lowest BCUT2D eigenvalue weighted by Gasteiger charge is -2.25. The van der Waals surface area contributed by atoms with Gasteiger partial charge in [0, 0.05) is 6.61 Å². The van der Waals surface area contributed by atoms with E-state index in [4.69, 9.17) is 23.7 Å². The van der Waals surface area contributed by atoms with E-state index < -0.39 is 0 Å². The fraction of sp³-hybridized carbons (Fsp3) is 0.739. The van der Waals surface area contributed by atoms with Crippen LogP contribution in [0.4, 0.5) is 0 Å². The summed E-state index contributed by atoms with van der Waals surface area (Å²) in [5, 5.41) is 0. The summed E-state index contributed by atoms with van der Waals surface area (Å²) in [5.74, 6) is 1.65. The first-order valence-corrected chi connectivity index (χ1v) is 10.8. The van der Waals surface area contributed by atoms with E-state index in [1.165, 1.54) is 31.2 Å². The van der Waals surface area contributed by atoms with Gasteiger partial charge in [-0.15, -0.1) is 0 Å². The first-order chi connectivity index (χ1) is 13.8. The lowest BCUT2D eigenvalue weighted by molar-refractivity contribution is -0.0161. The van der Waals surface area contributed by atoms with Crippen LogP contribution in [0, 0.1) is 11.8 Å². The van der Waals surface area contributed by atoms with Crippen molar-refractivity contribution in [1.82, 2.24) is 0 Å². The summed E-state index contributed by atoms with van der Waals surface area (Å²) in [7, 11) is 0. The molecular formula is C23H38O5. The van der Waals surface area contributed by atoms with Crippen molar-refractivity contribution in [2.24, 2.45) is 11.8 Å². The van der Waals surface area contributed by atoms with Crippen molar-refractivity contribution in [1.29, 1.82) is 0 Å². The molecule has 0 saturated heterocycles. The molecule has 28 heavy (non-hydrogen) atoms. The molecule has 0 heterocycles. The summed E-state index contributed by atoms with van der Waals surface area (Å²) in [6.45, 7) is 8.72. The maximum Gasteiger partial charge on any atom is 0.0718 e.